The Balaban J connectivity index is 2.08. The molecule has 2 aromatic rings. The summed E-state index contributed by atoms with van der Waals surface area (Å²) in [4.78, 5) is 29.8. The lowest BCUT2D eigenvalue weighted by atomic mass is 9.95. The standard InChI is InChI=1S/C25H30N2O4/c1-5-26(6-2)15-16-27-22(18-11-13-20(31-4)14-12-18)21(24(29)25(27)30)23(28)19-9-7-17(3)8-10-19/h7-14,22,28H,5-6,15-16H2,1-4H3. The number of amides is 1. The normalized spacial score (nSPS) is 18.1. The first-order valence-corrected chi connectivity index (χ1v) is 10.6. The molecule has 1 aliphatic heterocycles. The number of likely N-dealkylation sites (tertiary alicyclic amines) is 1. The van der Waals surface area contributed by atoms with Crippen molar-refractivity contribution in [3.63, 3.8) is 0 Å². The summed E-state index contributed by atoms with van der Waals surface area (Å²) in [5.74, 6) is -0.702. The summed E-state index contributed by atoms with van der Waals surface area (Å²) in [6.45, 7) is 8.85. The number of nitrogens with zero attached hydrogens (tertiary/aromatic N) is 2. The molecule has 1 atom stereocenters. The van der Waals surface area contributed by atoms with Gasteiger partial charge in [-0.15, -0.1) is 0 Å². The molecule has 2 aromatic carbocycles. The zero-order valence-electron chi connectivity index (χ0n) is 18.6. The van der Waals surface area contributed by atoms with Crippen molar-refractivity contribution in [2.45, 2.75) is 26.8 Å². The number of aliphatic hydroxyl groups is 1. The number of hydrogen-bond acceptors (Lipinski definition) is 5. The van der Waals surface area contributed by atoms with Gasteiger partial charge in [0, 0.05) is 18.7 Å². The van der Waals surface area contributed by atoms with E-state index in [1.165, 1.54) is 0 Å². The van der Waals surface area contributed by atoms with Crippen molar-refractivity contribution in [2.24, 2.45) is 0 Å². The Morgan fingerprint density at radius 2 is 1.65 bits per heavy atom. The topological polar surface area (TPSA) is 70.1 Å². The van der Waals surface area contributed by atoms with Crippen LogP contribution in [0.2, 0.25) is 0 Å². The number of carbonyl (C=O) groups is 2. The molecule has 1 saturated heterocycles. The fourth-order valence-electron chi connectivity index (χ4n) is 3.90. The van der Waals surface area contributed by atoms with Crippen LogP contribution in [0.15, 0.2) is 54.1 Å². The highest BCUT2D eigenvalue weighted by atomic mass is 16.5. The number of Topliss-reactive ketones (excluding diaryl/α,β-unsaturated/α-hetero) is 1. The first-order chi connectivity index (χ1) is 14.9. The molecule has 0 aromatic heterocycles. The summed E-state index contributed by atoms with van der Waals surface area (Å²) in [6, 6.07) is 13.9. The molecular formula is C25H30N2O4. The number of ether oxygens (including phenoxy) is 1. The van der Waals surface area contributed by atoms with Crippen molar-refractivity contribution >= 4 is 17.4 Å². The highest BCUT2D eigenvalue weighted by Crippen LogP contribution is 2.39. The van der Waals surface area contributed by atoms with Crippen molar-refractivity contribution in [1.29, 1.82) is 0 Å². The van der Waals surface area contributed by atoms with Gasteiger partial charge in [-0.3, -0.25) is 9.59 Å². The van der Waals surface area contributed by atoms with Gasteiger partial charge in [0.05, 0.1) is 18.7 Å². The number of aliphatic hydroxyl groups excluding tert-OH is 1. The highest BCUT2D eigenvalue weighted by Gasteiger charge is 2.45. The maximum Gasteiger partial charge on any atom is 0.295 e. The monoisotopic (exact) mass is 422 g/mol. The van der Waals surface area contributed by atoms with Gasteiger partial charge in [-0.2, -0.15) is 0 Å². The number of benzene rings is 2. The summed E-state index contributed by atoms with van der Waals surface area (Å²) < 4.78 is 5.25. The van der Waals surface area contributed by atoms with Gasteiger partial charge >= 0.3 is 0 Å². The largest absolute Gasteiger partial charge is 0.507 e. The van der Waals surface area contributed by atoms with Crippen molar-refractivity contribution < 1.29 is 19.4 Å². The summed E-state index contributed by atoms with van der Waals surface area (Å²) in [5, 5.41) is 11.1. The zero-order valence-corrected chi connectivity index (χ0v) is 18.6. The van der Waals surface area contributed by atoms with Gasteiger partial charge in [-0.05, 0) is 37.7 Å². The third kappa shape index (κ3) is 4.64. The van der Waals surface area contributed by atoms with Crippen LogP contribution in [0.1, 0.15) is 36.6 Å². The molecule has 1 unspecified atom stereocenters. The van der Waals surface area contributed by atoms with Crippen molar-refractivity contribution in [2.75, 3.05) is 33.3 Å². The summed E-state index contributed by atoms with van der Waals surface area (Å²) in [6.07, 6.45) is 0. The van der Waals surface area contributed by atoms with Crippen molar-refractivity contribution in [3.8, 4) is 5.75 Å². The first-order valence-electron chi connectivity index (χ1n) is 10.6. The van der Waals surface area contributed by atoms with E-state index in [9.17, 15) is 14.7 Å². The van der Waals surface area contributed by atoms with Crippen LogP contribution >= 0.6 is 0 Å². The number of methoxy groups -OCH3 is 1. The maximum atomic E-state index is 13.0. The van der Waals surface area contributed by atoms with E-state index < -0.39 is 17.7 Å². The smallest absolute Gasteiger partial charge is 0.295 e. The number of rotatable bonds is 8. The molecule has 1 heterocycles. The molecule has 0 spiro atoms. The van der Waals surface area contributed by atoms with Gasteiger partial charge in [-0.25, -0.2) is 0 Å². The summed E-state index contributed by atoms with van der Waals surface area (Å²) in [7, 11) is 1.59. The minimum Gasteiger partial charge on any atom is -0.507 e. The lowest BCUT2D eigenvalue weighted by molar-refractivity contribution is -0.140. The predicted octanol–water partition coefficient (Wildman–Crippen LogP) is 3.77. The Morgan fingerprint density at radius 1 is 1.03 bits per heavy atom. The van der Waals surface area contributed by atoms with Crippen LogP contribution in [-0.2, 0) is 9.59 Å². The SMILES string of the molecule is CCN(CC)CCN1C(=O)C(=O)C(=C(O)c2ccc(C)cc2)C1c1ccc(OC)cc1. The van der Waals surface area contributed by atoms with Crippen LogP contribution in [0.5, 0.6) is 5.75 Å². The van der Waals surface area contributed by atoms with Gasteiger partial charge in [0.25, 0.3) is 11.7 Å². The van der Waals surface area contributed by atoms with E-state index >= 15 is 0 Å². The Labute approximate surface area is 183 Å². The molecular weight excluding hydrogens is 392 g/mol. The van der Waals surface area contributed by atoms with Crippen LogP contribution in [-0.4, -0.2) is 59.9 Å². The Kier molecular flexibility index (Phi) is 7.13. The van der Waals surface area contributed by atoms with Gasteiger partial charge in [-0.1, -0.05) is 55.8 Å². The fraction of sp³-hybridized carbons (Fsp3) is 0.360. The molecule has 1 N–H and O–H groups in total. The minimum atomic E-state index is -0.654. The second kappa shape index (κ2) is 9.79. The highest BCUT2D eigenvalue weighted by molar-refractivity contribution is 6.46. The average molecular weight is 423 g/mol. The molecule has 1 fully saturated rings. The van der Waals surface area contributed by atoms with Crippen molar-refractivity contribution in [1.82, 2.24) is 9.80 Å². The minimum absolute atomic E-state index is 0.124. The number of likely N-dealkylation sites (N-methyl/N-ethyl adjacent to an activating group) is 1. The zero-order chi connectivity index (χ0) is 22.5. The van der Waals surface area contributed by atoms with Gasteiger partial charge in [0.2, 0.25) is 0 Å². The van der Waals surface area contributed by atoms with Gasteiger partial charge in [0.15, 0.2) is 0 Å². The molecule has 6 heteroatoms. The molecule has 3 rings (SSSR count). The lowest BCUT2D eigenvalue weighted by Crippen LogP contribution is -2.38. The Morgan fingerprint density at radius 3 is 2.19 bits per heavy atom. The second-order valence-corrected chi connectivity index (χ2v) is 7.66. The first kappa shape index (κ1) is 22.6. The van der Waals surface area contributed by atoms with Crippen LogP contribution < -0.4 is 4.74 Å². The Bertz CT molecular complexity index is 960. The van der Waals surface area contributed by atoms with E-state index in [1.807, 2.05) is 31.2 Å². The van der Waals surface area contributed by atoms with E-state index in [4.69, 9.17) is 4.74 Å². The molecule has 6 nitrogen and oxygen atoms in total. The molecule has 0 radical (unpaired) electrons. The second-order valence-electron chi connectivity index (χ2n) is 7.66. The molecule has 31 heavy (non-hydrogen) atoms. The molecule has 164 valence electrons. The summed E-state index contributed by atoms with van der Waals surface area (Å²) in [5.41, 5.74) is 2.44. The van der Waals surface area contributed by atoms with E-state index in [-0.39, 0.29) is 11.3 Å². The van der Waals surface area contributed by atoms with Gasteiger partial charge < -0.3 is 19.6 Å². The van der Waals surface area contributed by atoms with Crippen LogP contribution in [0.25, 0.3) is 5.76 Å². The number of carbonyl (C=O) groups excluding carboxylic acids is 2. The number of aryl methyl sites for hydroxylation is 1. The molecule has 1 amide bonds. The third-order valence-corrected chi connectivity index (χ3v) is 5.85. The number of hydrogen-bond donors (Lipinski definition) is 1. The maximum absolute atomic E-state index is 13.0. The number of ketones is 1. The summed E-state index contributed by atoms with van der Waals surface area (Å²) >= 11 is 0. The third-order valence-electron chi connectivity index (χ3n) is 5.85. The quantitative estimate of drug-likeness (QED) is 0.398. The fourth-order valence-corrected chi connectivity index (χ4v) is 3.90. The molecule has 0 bridgehead atoms. The van der Waals surface area contributed by atoms with Crippen LogP contribution in [0.4, 0.5) is 0 Å². The van der Waals surface area contributed by atoms with Gasteiger partial charge in [0.1, 0.15) is 11.5 Å². The van der Waals surface area contributed by atoms with E-state index in [2.05, 4.69) is 18.7 Å². The van der Waals surface area contributed by atoms with E-state index in [1.54, 1.807) is 36.3 Å². The molecule has 0 aliphatic carbocycles. The van der Waals surface area contributed by atoms with E-state index in [0.717, 1.165) is 24.2 Å². The average Bonchev–Trinajstić information content (AvgIpc) is 3.04. The lowest BCUT2D eigenvalue weighted by Gasteiger charge is -2.28. The van der Waals surface area contributed by atoms with E-state index in [0.29, 0.717) is 24.4 Å². The van der Waals surface area contributed by atoms with Crippen LogP contribution in [0, 0.1) is 6.92 Å². The predicted molar refractivity (Wildman–Crippen MR) is 121 cm³/mol. The molecule has 1 aliphatic rings. The molecule has 0 saturated carbocycles. The van der Waals surface area contributed by atoms with Crippen LogP contribution in [0.3, 0.4) is 0 Å². The van der Waals surface area contributed by atoms with Crippen molar-refractivity contribution in [3.05, 3.63) is 70.8 Å². The Hall–Kier alpha value is -3.12.